The third kappa shape index (κ3) is 3.29. The fourth-order valence-electron chi connectivity index (χ4n) is 4.57. The maximum Gasteiger partial charge on any atom is 0.250 e. The molecule has 31 heavy (non-hydrogen) atoms. The number of H-pyrrole nitrogens is 1. The van der Waals surface area contributed by atoms with Crippen molar-refractivity contribution in [3.63, 3.8) is 0 Å². The fourth-order valence-corrected chi connectivity index (χ4v) is 4.57. The number of benzene rings is 2. The minimum absolute atomic E-state index is 0.0869. The number of nitrogens with zero attached hydrogens (tertiary/aromatic N) is 1. The molecule has 162 valence electrons. The van der Waals surface area contributed by atoms with Gasteiger partial charge in [-0.2, -0.15) is 0 Å². The Morgan fingerprint density at radius 2 is 1.71 bits per heavy atom. The van der Waals surface area contributed by atoms with E-state index in [0.717, 1.165) is 50.4 Å². The van der Waals surface area contributed by atoms with Crippen LogP contribution in [0.25, 0.3) is 22.2 Å². The van der Waals surface area contributed by atoms with Gasteiger partial charge in [0.2, 0.25) is 0 Å². The summed E-state index contributed by atoms with van der Waals surface area (Å²) in [4.78, 5) is 18.9. The first-order valence-electron chi connectivity index (χ1n) is 10.5. The van der Waals surface area contributed by atoms with Gasteiger partial charge in [-0.15, -0.1) is 0 Å². The summed E-state index contributed by atoms with van der Waals surface area (Å²) >= 11 is 0. The summed E-state index contributed by atoms with van der Waals surface area (Å²) < 4.78 is 11.2. The van der Waals surface area contributed by atoms with Crippen LogP contribution >= 0.6 is 0 Å². The lowest BCUT2D eigenvalue weighted by atomic mass is 9.91. The van der Waals surface area contributed by atoms with Crippen LogP contribution in [-0.4, -0.2) is 35.5 Å². The molecule has 1 amide bonds. The largest absolute Gasteiger partial charge is 0.497 e. The van der Waals surface area contributed by atoms with Gasteiger partial charge in [-0.1, -0.05) is 18.2 Å². The Balaban J connectivity index is 2.07. The highest BCUT2D eigenvalue weighted by Gasteiger charge is 2.43. The van der Waals surface area contributed by atoms with Crippen molar-refractivity contribution < 1.29 is 14.3 Å². The minimum atomic E-state index is -0.338. The molecule has 0 bridgehead atoms. The highest BCUT2D eigenvalue weighted by molar-refractivity contribution is 6.00. The van der Waals surface area contributed by atoms with Crippen molar-refractivity contribution in [2.24, 2.45) is 0 Å². The summed E-state index contributed by atoms with van der Waals surface area (Å²) in [6.45, 7) is 10.3. The summed E-state index contributed by atoms with van der Waals surface area (Å²) in [5.41, 5.74) is 5.51. The van der Waals surface area contributed by atoms with Crippen molar-refractivity contribution >= 4 is 16.8 Å². The number of carbonyl (C=O) groups is 1. The summed E-state index contributed by atoms with van der Waals surface area (Å²) in [5, 5.41) is 1.10. The normalized spacial score (nSPS) is 17.1. The number of carbonyl (C=O) groups excluding carboxylic acids is 1. The first-order valence-corrected chi connectivity index (χ1v) is 10.5. The summed E-state index contributed by atoms with van der Waals surface area (Å²) in [5.74, 6) is 1.58. The lowest BCUT2D eigenvalue weighted by Gasteiger charge is -2.38. The van der Waals surface area contributed by atoms with E-state index >= 15 is 0 Å². The number of nitrogens with one attached hydrogen (secondary N) is 1. The van der Waals surface area contributed by atoms with Crippen molar-refractivity contribution in [1.82, 2.24) is 9.88 Å². The molecule has 2 aromatic carbocycles. The molecule has 4 rings (SSSR count). The Bertz CT molecular complexity index is 1200. The van der Waals surface area contributed by atoms with Gasteiger partial charge in [0.05, 0.1) is 26.0 Å². The number of rotatable bonds is 4. The molecule has 1 aliphatic heterocycles. The van der Waals surface area contributed by atoms with Crippen LogP contribution in [0.15, 0.2) is 53.6 Å². The van der Waals surface area contributed by atoms with Gasteiger partial charge in [0, 0.05) is 33.1 Å². The second-order valence-corrected chi connectivity index (χ2v) is 9.08. The van der Waals surface area contributed by atoms with Crippen LogP contribution in [0.3, 0.4) is 0 Å². The van der Waals surface area contributed by atoms with E-state index in [9.17, 15) is 4.79 Å². The van der Waals surface area contributed by atoms with Gasteiger partial charge < -0.3 is 19.4 Å². The monoisotopic (exact) mass is 418 g/mol. The molecule has 5 heteroatoms. The topological polar surface area (TPSA) is 54.6 Å². The van der Waals surface area contributed by atoms with Gasteiger partial charge in [0.15, 0.2) is 0 Å². The van der Waals surface area contributed by atoms with E-state index < -0.39 is 0 Å². The Hall–Kier alpha value is -3.21. The van der Waals surface area contributed by atoms with E-state index in [1.54, 1.807) is 14.2 Å². The predicted octanol–water partition coefficient (Wildman–Crippen LogP) is 5.87. The quantitative estimate of drug-likeness (QED) is 0.576. The molecule has 2 heterocycles. The molecule has 1 aromatic heterocycles. The fraction of sp³-hybridized carbons (Fsp3) is 0.346. The molecule has 0 fully saturated rings. The number of fused-ring (bicyclic) bond motifs is 1. The number of hydrogen-bond acceptors (Lipinski definition) is 3. The Labute approximate surface area is 183 Å². The van der Waals surface area contributed by atoms with Crippen LogP contribution in [0.4, 0.5) is 0 Å². The molecule has 1 N–H and O–H groups in total. The Morgan fingerprint density at radius 1 is 1.00 bits per heavy atom. The van der Waals surface area contributed by atoms with Crippen molar-refractivity contribution in [1.29, 1.82) is 0 Å². The van der Waals surface area contributed by atoms with Crippen molar-refractivity contribution in [2.45, 2.75) is 46.2 Å². The molecule has 0 unspecified atom stereocenters. The SMILES string of the molecule is COc1ccc(OC)c(-c2[nH]c3ccccc3c2[C@H]2C(C)=C(C)C(=O)N2C(C)(C)C)c1. The summed E-state index contributed by atoms with van der Waals surface area (Å²) in [6.07, 6.45) is 0. The highest BCUT2D eigenvalue weighted by atomic mass is 16.5. The second kappa shape index (κ2) is 7.49. The van der Waals surface area contributed by atoms with Gasteiger partial charge in [-0.25, -0.2) is 0 Å². The number of aromatic nitrogens is 1. The zero-order valence-electron chi connectivity index (χ0n) is 19.3. The molecule has 0 saturated carbocycles. The molecule has 0 saturated heterocycles. The van der Waals surface area contributed by atoms with Crippen LogP contribution in [0.5, 0.6) is 11.5 Å². The molecule has 5 nitrogen and oxygen atoms in total. The van der Waals surface area contributed by atoms with Crippen molar-refractivity contribution in [2.75, 3.05) is 14.2 Å². The first kappa shape index (κ1) is 21.0. The van der Waals surface area contributed by atoms with E-state index in [-0.39, 0.29) is 17.5 Å². The lowest BCUT2D eigenvalue weighted by Crippen LogP contribution is -2.45. The maximum absolute atomic E-state index is 13.3. The number of amides is 1. The third-order valence-electron chi connectivity index (χ3n) is 6.22. The molecule has 0 aliphatic carbocycles. The third-order valence-corrected chi connectivity index (χ3v) is 6.22. The highest BCUT2D eigenvalue weighted by Crippen LogP contribution is 2.49. The molecule has 0 radical (unpaired) electrons. The second-order valence-electron chi connectivity index (χ2n) is 9.08. The zero-order chi connectivity index (χ0) is 22.5. The predicted molar refractivity (Wildman–Crippen MR) is 125 cm³/mol. The van der Waals surface area contributed by atoms with Crippen molar-refractivity contribution in [3.8, 4) is 22.8 Å². The Morgan fingerprint density at radius 3 is 2.35 bits per heavy atom. The van der Waals surface area contributed by atoms with Gasteiger partial charge in [-0.3, -0.25) is 4.79 Å². The number of ether oxygens (including phenoxy) is 2. The molecule has 1 aliphatic rings. The first-order chi connectivity index (χ1) is 14.7. The van der Waals surface area contributed by atoms with Gasteiger partial charge in [0.1, 0.15) is 11.5 Å². The molecule has 3 aromatic rings. The average Bonchev–Trinajstić information content (AvgIpc) is 3.23. The van der Waals surface area contributed by atoms with Crippen LogP contribution in [0, 0.1) is 0 Å². The smallest absolute Gasteiger partial charge is 0.250 e. The van der Waals surface area contributed by atoms with Crippen LogP contribution in [-0.2, 0) is 4.79 Å². The molecular weight excluding hydrogens is 388 g/mol. The van der Waals surface area contributed by atoms with Gasteiger partial charge in [-0.05, 0) is 64.5 Å². The standard InChI is InChI=1S/C26H30N2O3/c1-15-16(2)25(29)28(26(3,4)5)24(15)22-18-10-8-9-11-20(18)27-23(22)19-14-17(30-6)12-13-21(19)31-7/h8-14,24,27H,1-7H3/t24-/m1/s1. The van der Waals surface area contributed by atoms with Crippen LogP contribution < -0.4 is 9.47 Å². The summed E-state index contributed by atoms with van der Waals surface area (Å²) in [6, 6.07) is 13.9. The molecular formula is C26H30N2O3. The number of hydrogen-bond donors (Lipinski definition) is 1. The van der Waals surface area contributed by atoms with Gasteiger partial charge in [0.25, 0.3) is 5.91 Å². The van der Waals surface area contributed by atoms with E-state index in [0.29, 0.717) is 0 Å². The minimum Gasteiger partial charge on any atom is -0.497 e. The van der Waals surface area contributed by atoms with E-state index in [4.69, 9.17) is 9.47 Å². The summed E-state index contributed by atoms with van der Waals surface area (Å²) in [7, 11) is 3.33. The maximum atomic E-state index is 13.3. The van der Waals surface area contributed by atoms with E-state index in [1.165, 1.54) is 0 Å². The molecule has 1 atom stereocenters. The van der Waals surface area contributed by atoms with Gasteiger partial charge >= 0.3 is 0 Å². The Kier molecular flexibility index (Phi) is 5.08. The zero-order valence-corrected chi connectivity index (χ0v) is 19.3. The van der Waals surface area contributed by atoms with E-state index in [2.05, 4.69) is 44.8 Å². The number of aromatic amines is 1. The number of para-hydroxylation sites is 1. The van der Waals surface area contributed by atoms with E-state index in [1.807, 2.05) is 42.2 Å². The molecule has 0 spiro atoms. The van der Waals surface area contributed by atoms with Crippen molar-refractivity contribution in [3.05, 3.63) is 59.2 Å². The number of methoxy groups -OCH3 is 2. The van der Waals surface area contributed by atoms with Crippen LogP contribution in [0.2, 0.25) is 0 Å². The average molecular weight is 419 g/mol. The lowest BCUT2D eigenvalue weighted by molar-refractivity contribution is -0.131. The van der Waals surface area contributed by atoms with Crippen LogP contribution in [0.1, 0.15) is 46.2 Å².